The molecule has 1 rings (SSSR count). The van der Waals surface area contributed by atoms with Crippen LogP contribution in [0.1, 0.15) is 5.69 Å². The second kappa shape index (κ2) is 4.45. The van der Waals surface area contributed by atoms with E-state index in [9.17, 15) is 4.79 Å². The third-order valence-corrected chi connectivity index (χ3v) is 2.77. The first-order valence-electron chi connectivity index (χ1n) is 3.83. The normalized spacial score (nSPS) is 14.2. The van der Waals surface area contributed by atoms with Crippen LogP contribution in [0, 0.1) is 5.41 Å². The van der Waals surface area contributed by atoms with E-state index in [1.807, 2.05) is 0 Å². The van der Waals surface area contributed by atoms with Gasteiger partial charge in [-0.15, -0.1) is 22.9 Å². The molecule has 5 N–H and O–H groups in total. The van der Waals surface area contributed by atoms with Crippen LogP contribution in [0.3, 0.4) is 0 Å². The fourth-order valence-corrected chi connectivity index (χ4v) is 1.98. The summed E-state index contributed by atoms with van der Waals surface area (Å²) in [6, 6.07) is 0. The van der Waals surface area contributed by atoms with Gasteiger partial charge in [0.25, 0.3) is 0 Å². The van der Waals surface area contributed by atoms with Gasteiger partial charge in [0.2, 0.25) is 0 Å². The van der Waals surface area contributed by atoms with Crippen LogP contribution in [0.25, 0.3) is 0 Å². The number of aromatic nitrogens is 1. The number of nitrogens with one attached hydrogen (secondary N) is 2. The lowest BCUT2D eigenvalue weighted by Crippen LogP contribution is -2.55. The number of nitrogens with zero attached hydrogens (tertiary/aromatic N) is 1. The van der Waals surface area contributed by atoms with Gasteiger partial charge in [-0.3, -0.25) is 5.41 Å². The van der Waals surface area contributed by atoms with Crippen molar-refractivity contribution < 1.29 is 9.90 Å². The molecule has 0 aliphatic rings. The number of carbonyl (C=O) groups is 1. The Morgan fingerprint density at radius 2 is 2.53 bits per heavy atom. The molecule has 0 aliphatic carbocycles. The zero-order valence-electron chi connectivity index (χ0n) is 7.53. The van der Waals surface area contributed by atoms with E-state index in [0.717, 1.165) is 0 Å². The molecule has 1 atom stereocenters. The van der Waals surface area contributed by atoms with Crippen LogP contribution in [-0.2, 0) is 10.3 Å². The molecule has 0 aliphatic heterocycles. The van der Waals surface area contributed by atoms with Crippen molar-refractivity contribution in [2.75, 3.05) is 5.88 Å². The lowest BCUT2D eigenvalue weighted by molar-refractivity contribution is -0.143. The third-order valence-electron chi connectivity index (χ3n) is 1.78. The van der Waals surface area contributed by atoms with Crippen molar-refractivity contribution in [3.8, 4) is 0 Å². The van der Waals surface area contributed by atoms with Crippen molar-refractivity contribution in [2.24, 2.45) is 5.73 Å². The highest BCUT2D eigenvalue weighted by Gasteiger charge is 2.42. The SMILES string of the molecule is N=C(N)NC(CCl)(C(=O)O)c1cscn1. The molecule has 0 saturated carbocycles. The van der Waals surface area contributed by atoms with Gasteiger partial charge in [-0.1, -0.05) is 0 Å². The Hall–Kier alpha value is -1.34. The van der Waals surface area contributed by atoms with E-state index in [0.29, 0.717) is 0 Å². The smallest absolute Gasteiger partial charge is 0.337 e. The molecule has 0 bridgehead atoms. The molecule has 82 valence electrons. The highest BCUT2D eigenvalue weighted by Crippen LogP contribution is 2.23. The van der Waals surface area contributed by atoms with Crippen molar-refractivity contribution in [1.82, 2.24) is 10.3 Å². The Kier molecular flexibility index (Phi) is 3.48. The molecular weight excluding hydrogens is 240 g/mol. The summed E-state index contributed by atoms with van der Waals surface area (Å²) in [5.74, 6) is -1.96. The van der Waals surface area contributed by atoms with Gasteiger partial charge in [-0.2, -0.15) is 0 Å². The number of alkyl halides is 1. The molecule has 1 unspecified atom stereocenters. The number of aliphatic carboxylic acids is 1. The second-order valence-electron chi connectivity index (χ2n) is 2.76. The number of carboxylic acids is 1. The van der Waals surface area contributed by atoms with Crippen LogP contribution >= 0.6 is 22.9 Å². The topological polar surface area (TPSA) is 112 Å². The highest BCUT2D eigenvalue weighted by molar-refractivity contribution is 7.07. The third kappa shape index (κ3) is 2.18. The number of guanidine groups is 1. The number of carboxylic acid groups (broad SMARTS) is 1. The molecule has 1 aromatic rings. The summed E-state index contributed by atoms with van der Waals surface area (Å²) in [6.45, 7) is 0. The average Bonchev–Trinajstić information content (AvgIpc) is 2.66. The first-order valence-corrected chi connectivity index (χ1v) is 5.31. The van der Waals surface area contributed by atoms with E-state index in [1.165, 1.54) is 16.8 Å². The second-order valence-corrected chi connectivity index (χ2v) is 3.74. The summed E-state index contributed by atoms with van der Waals surface area (Å²) >= 11 is 6.87. The van der Waals surface area contributed by atoms with Crippen molar-refractivity contribution in [3.05, 3.63) is 16.6 Å². The Morgan fingerprint density at radius 3 is 2.87 bits per heavy atom. The van der Waals surface area contributed by atoms with E-state index in [1.54, 1.807) is 5.38 Å². The maximum Gasteiger partial charge on any atom is 0.337 e. The monoisotopic (exact) mass is 248 g/mol. The molecule has 0 amide bonds. The van der Waals surface area contributed by atoms with Crippen LogP contribution in [0.5, 0.6) is 0 Å². The summed E-state index contributed by atoms with van der Waals surface area (Å²) in [5.41, 5.74) is 5.22. The predicted octanol–water partition coefficient (Wildman–Crippen LogP) is 0.145. The van der Waals surface area contributed by atoms with Crippen molar-refractivity contribution in [1.29, 1.82) is 5.41 Å². The molecule has 0 fully saturated rings. The minimum atomic E-state index is -1.63. The molecule has 1 aromatic heterocycles. The lowest BCUT2D eigenvalue weighted by atomic mass is 9.99. The quantitative estimate of drug-likeness (QED) is 0.344. The number of hydrogen-bond acceptors (Lipinski definition) is 4. The number of nitrogens with two attached hydrogens (primary N) is 1. The Morgan fingerprint density at radius 1 is 1.87 bits per heavy atom. The molecule has 0 saturated heterocycles. The van der Waals surface area contributed by atoms with Gasteiger partial charge in [-0.25, -0.2) is 9.78 Å². The largest absolute Gasteiger partial charge is 0.479 e. The summed E-state index contributed by atoms with van der Waals surface area (Å²) < 4.78 is 0. The average molecular weight is 249 g/mol. The Balaban J connectivity index is 3.15. The fraction of sp³-hybridized carbons (Fsp3) is 0.286. The van der Waals surface area contributed by atoms with Gasteiger partial charge in [-0.05, 0) is 0 Å². The van der Waals surface area contributed by atoms with Crippen LogP contribution < -0.4 is 11.1 Å². The number of hydrogen-bond donors (Lipinski definition) is 4. The maximum atomic E-state index is 11.2. The van der Waals surface area contributed by atoms with Crippen LogP contribution in [0.2, 0.25) is 0 Å². The first-order chi connectivity index (χ1) is 7.03. The molecular formula is C7H9ClN4O2S. The van der Waals surface area contributed by atoms with Crippen LogP contribution in [-0.4, -0.2) is 27.9 Å². The van der Waals surface area contributed by atoms with E-state index in [2.05, 4.69) is 10.3 Å². The Bertz CT molecular complexity index is 369. The Labute approximate surface area is 94.6 Å². The standard InChI is InChI=1S/C7H9ClN4O2S/c8-2-7(5(13)14,12-6(9)10)4-1-15-3-11-4/h1,3H,2H2,(H,13,14)(H4,9,10,12). The minimum absolute atomic E-state index is 0.241. The van der Waals surface area contributed by atoms with E-state index in [4.69, 9.17) is 27.9 Å². The fourth-order valence-electron chi connectivity index (χ4n) is 1.04. The highest BCUT2D eigenvalue weighted by atomic mass is 35.5. The van der Waals surface area contributed by atoms with Gasteiger partial charge < -0.3 is 16.2 Å². The summed E-state index contributed by atoms with van der Waals surface area (Å²) in [7, 11) is 0. The van der Waals surface area contributed by atoms with Crippen molar-refractivity contribution in [3.63, 3.8) is 0 Å². The molecule has 0 aromatic carbocycles. The van der Waals surface area contributed by atoms with Crippen LogP contribution in [0.15, 0.2) is 10.9 Å². The first kappa shape index (κ1) is 11.7. The minimum Gasteiger partial charge on any atom is -0.479 e. The van der Waals surface area contributed by atoms with Gasteiger partial charge in [0.1, 0.15) is 0 Å². The number of halogens is 1. The van der Waals surface area contributed by atoms with E-state index >= 15 is 0 Å². The number of thiazole rings is 1. The molecule has 8 heteroatoms. The van der Waals surface area contributed by atoms with E-state index < -0.39 is 17.5 Å². The summed E-state index contributed by atoms with van der Waals surface area (Å²) in [4.78, 5) is 15.0. The van der Waals surface area contributed by atoms with Crippen molar-refractivity contribution >= 4 is 34.9 Å². The lowest BCUT2D eigenvalue weighted by Gasteiger charge is -2.26. The van der Waals surface area contributed by atoms with Gasteiger partial charge in [0.15, 0.2) is 11.5 Å². The van der Waals surface area contributed by atoms with Gasteiger partial charge >= 0.3 is 5.97 Å². The van der Waals surface area contributed by atoms with Crippen LogP contribution in [0.4, 0.5) is 0 Å². The zero-order valence-corrected chi connectivity index (χ0v) is 9.10. The molecule has 1 heterocycles. The maximum absolute atomic E-state index is 11.2. The molecule has 0 radical (unpaired) electrons. The predicted molar refractivity (Wildman–Crippen MR) is 57.2 cm³/mol. The van der Waals surface area contributed by atoms with Gasteiger partial charge in [0, 0.05) is 5.38 Å². The van der Waals surface area contributed by atoms with E-state index in [-0.39, 0.29) is 11.6 Å². The van der Waals surface area contributed by atoms with Crippen molar-refractivity contribution in [2.45, 2.75) is 5.54 Å². The zero-order chi connectivity index (χ0) is 11.5. The molecule has 6 nitrogen and oxygen atoms in total. The summed E-state index contributed by atoms with van der Waals surface area (Å²) in [5, 5.41) is 20.0. The number of rotatable bonds is 4. The molecule has 15 heavy (non-hydrogen) atoms. The summed E-state index contributed by atoms with van der Waals surface area (Å²) in [6.07, 6.45) is 0. The molecule has 0 spiro atoms. The van der Waals surface area contributed by atoms with Gasteiger partial charge in [0.05, 0.1) is 17.1 Å².